The highest BCUT2D eigenvalue weighted by atomic mass is 16.3. The Hall–Kier alpha value is -2.49. The molecule has 0 spiro atoms. The number of carbonyl (C=O) groups excluding carboxylic acids is 1. The van der Waals surface area contributed by atoms with Gasteiger partial charge >= 0.3 is 0 Å². The molecule has 0 N–H and O–H groups in total. The topological polar surface area (TPSA) is 47.9 Å². The predicted octanol–water partition coefficient (Wildman–Crippen LogP) is -0.0803. The molecule has 0 aliphatic rings. The summed E-state index contributed by atoms with van der Waals surface area (Å²) >= 11 is 0. The molecule has 4 nitrogen and oxygen atoms in total. The van der Waals surface area contributed by atoms with Gasteiger partial charge in [-0.25, -0.2) is 9.13 Å². The molecule has 2 heterocycles. The van der Waals surface area contributed by atoms with E-state index in [0.717, 1.165) is 6.08 Å². The monoisotopic (exact) mass is 255 g/mol. The van der Waals surface area contributed by atoms with E-state index in [9.17, 15) is 9.90 Å². The Morgan fingerprint density at radius 3 is 1.84 bits per heavy atom. The summed E-state index contributed by atoms with van der Waals surface area (Å²) in [5, 5.41) is 11.9. The van der Waals surface area contributed by atoms with Gasteiger partial charge in [-0.05, 0) is 11.6 Å². The number of allylic oxidation sites excluding steroid dienone is 1. The number of nitrogens with zero attached hydrogens (tertiary/aromatic N) is 2. The Bertz CT molecular complexity index is 614. The van der Waals surface area contributed by atoms with Crippen molar-refractivity contribution in [1.82, 2.24) is 0 Å². The quantitative estimate of drug-likeness (QED) is 0.333. The van der Waals surface area contributed by atoms with E-state index in [2.05, 4.69) is 0 Å². The number of hydrogen-bond acceptors (Lipinski definition) is 2. The second-order valence-electron chi connectivity index (χ2n) is 4.38. The van der Waals surface area contributed by atoms with Crippen molar-refractivity contribution < 1.29 is 19.0 Å². The Balaban J connectivity index is 2.22. The summed E-state index contributed by atoms with van der Waals surface area (Å²) < 4.78 is 3.66. The lowest BCUT2D eigenvalue weighted by Gasteiger charge is -2.10. The molecule has 4 heteroatoms. The zero-order valence-corrected chi connectivity index (χ0v) is 10.9. The summed E-state index contributed by atoms with van der Waals surface area (Å²) in [5.74, 6) is -0.558. The highest BCUT2D eigenvalue weighted by Crippen LogP contribution is 2.08. The van der Waals surface area contributed by atoms with Crippen molar-refractivity contribution in [3.8, 4) is 0 Å². The van der Waals surface area contributed by atoms with Gasteiger partial charge in [-0.3, -0.25) is 4.79 Å². The van der Waals surface area contributed by atoms with Crippen LogP contribution in [0.2, 0.25) is 0 Å². The molecule has 2 aromatic heterocycles. The van der Waals surface area contributed by atoms with Crippen LogP contribution in [0.25, 0.3) is 5.76 Å². The highest BCUT2D eigenvalue weighted by molar-refractivity contribution is 6.07. The lowest BCUT2D eigenvalue weighted by molar-refractivity contribution is -0.671. The fourth-order valence-electron chi connectivity index (χ4n) is 1.62. The van der Waals surface area contributed by atoms with E-state index < -0.39 is 0 Å². The van der Waals surface area contributed by atoms with Crippen molar-refractivity contribution in [2.24, 2.45) is 14.1 Å². The highest BCUT2D eigenvalue weighted by Gasteiger charge is 2.04. The van der Waals surface area contributed by atoms with Crippen molar-refractivity contribution in [2.75, 3.05) is 0 Å². The van der Waals surface area contributed by atoms with Gasteiger partial charge in [-0.15, -0.1) is 0 Å². The maximum Gasteiger partial charge on any atom is 0.185 e. The zero-order valence-electron chi connectivity index (χ0n) is 10.9. The molecule has 2 rings (SSSR count). The first-order chi connectivity index (χ1) is 9.06. The smallest absolute Gasteiger partial charge is 0.185 e. The first-order valence-electron chi connectivity index (χ1n) is 5.90. The van der Waals surface area contributed by atoms with E-state index in [0.29, 0.717) is 11.1 Å². The Labute approximate surface area is 111 Å². The van der Waals surface area contributed by atoms with E-state index in [-0.39, 0.29) is 11.5 Å². The van der Waals surface area contributed by atoms with Crippen molar-refractivity contribution in [3.63, 3.8) is 0 Å². The summed E-state index contributed by atoms with van der Waals surface area (Å²) in [6.45, 7) is 0. The second kappa shape index (κ2) is 5.44. The molecule has 0 aliphatic heterocycles. The van der Waals surface area contributed by atoms with Crippen LogP contribution in [0.5, 0.6) is 0 Å². The molecule has 0 aliphatic carbocycles. The van der Waals surface area contributed by atoms with Crippen molar-refractivity contribution >= 4 is 11.5 Å². The summed E-state index contributed by atoms with van der Waals surface area (Å²) in [5.41, 5.74) is 1.01. The van der Waals surface area contributed by atoms with E-state index in [4.69, 9.17) is 0 Å². The molecular formula is C15H15N2O2+. The minimum absolute atomic E-state index is 0.279. The van der Waals surface area contributed by atoms with Crippen LogP contribution in [0.1, 0.15) is 15.9 Å². The molecule has 0 saturated heterocycles. The number of aryl methyl sites for hydroxylation is 2. The fourth-order valence-corrected chi connectivity index (χ4v) is 1.62. The molecular weight excluding hydrogens is 240 g/mol. The molecule has 0 aromatic carbocycles. The number of hydrogen-bond donors (Lipinski definition) is 0. The number of pyridine rings is 2. The summed E-state index contributed by atoms with van der Waals surface area (Å²) in [7, 11) is 3.74. The molecule has 19 heavy (non-hydrogen) atoms. The average Bonchev–Trinajstić information content (AvgIpc) is 2.40. The molecule has 0 saturated carbocycles. The maximum absolute atomic E-state index is 11.9. The molecule has 0 radical (unpaired) electrons. The fraction of sp³-hybridized carbons (Fsp3) is 0.133. The molecule has 0 amide bonds. The third-order valence-corrected chi connectivity index (χ3v) is 2.79. The lowest BCUT2D eigenvalue weighted by Crippen LogP contribution is -2.26. The third-order valence-electron chi connectivity index (χ3n) is 2.79. The number of carbonyl (C=O) groups is 1. The van der Waals surface area contributed by atoms with Crippen LogP contribution in [0.15, 0.2) is 55.1 Å². The van der Waals surface area contributed by atoms with Crippen LogP contribution < -0.4 is 14.2 Å². The first-order valence-corrected chi connectivity index (χ1v) is 5.90. The lowest BCUT2D eigenvalue weighted by atomic mass is 10.1. The predicted molar refractivity (Wildman–Crippen MR) is 67.5 cm³/mol. The van der Waals surface area contributed by atoms with Crippen LogP contribution in [0.3, 0.4) is 0 Å². The minimum Gasteiger partial charge on any atom is -0.872 e. The Morgan fingerprint density at radius 1 is 0.947 bits per heavy atom. The molecule has 0 fully saturated rings. The van der Waals surface area contributed by atoms with Crippen LogP contribution >= 0.6 is 0 Å². The van der Waals surface area contributed by atoms with Crippen LogP contribution in [0.4, 0.5) is 0 Å². The molecule has 2 aromatic rings. The van der Waals surface area contributed by atoms with Gasteiger partial charge in [-0.1, -0.05) is 5.76 Å². The Kier molecular flexibility index (Phi) is 3.71. The first kappa shape index (κ1) is 13.0. The average molecular weight is 255 g/mol. The largest absolute Gasteiger partial charge is 0.872 e. The van der Waals surface area contributed by atoms with E-state index in [1.807, 2.05) is 23.2 Å². The van der Waals surface area contributed by atoms with Gasteiger partial charge in [0.25, 0.3) is 0 Å². The summed E-state index contributed by atoms with van der Waals surface area (Å²) in [6.07, 6.45) is 8.22. The van der Waals surface area contributed by atoms with Gasteiger partial charge in [0.2, 0.25) is 0 Å². The zero-order chi connectivity index (χ0) is 13.8. The van der Waals surface area contributed by atoms with Gasteiger partial charge in [0.05, 0.1) is 0 Å². The van der Waals surface area contributed by atoms with Crippen molar-refractivity contribution in [3.05, 3.63) is 66.3 Å². The Morgan fingerprint density at radius 2 is 1.37 bits per heavy atom. The van der Waals surface area contributed by atoms with E-state index in [1.165, 1.54) is 0 Å². The van der Waals surface area contributed by atoms with Crippen molar-refractivity contribution in [2.45, 2.75) is 0 Å². The van der Waals surface area contributed by atoms with Gasteiger partial charge in [0.1, 0.15) is 14.1 Å². The van der Waals surface area contributed by atoms with E-state index in [1.54, 1.807) is 49.1 Å². The molecule has 0 unspecified atom stereocenters. The SMILES string of the molecule is C[n+]1ccc(C(=O)/C=C(\[O-])c2cc[n+](C)cc2)cc1. The minimum atomic E-state index is -0.279. The summed E-state index contributed by atoms with van der Waals surface area (Å²) in [6, 6.07) is 6.77. The van der Waals surface area contributed by atoms with Crippen LogP contribution in [-0.4, -0.2) is 5.78 Å². The summed E-state index contributed by atoms with van der Waals surface area (Å²) in [4.78, 5) is 11.9. The number of ketones is 1. The van der Waals surface area contributed by atoms with Crippen LogP contribution in [-0.2, 0) is 14.1 Å². The number of rotatable bonds is 3. The molecule has 0 atom stereocenters. The molecule has 96 valence electrons. The molecule has 0 bridgehead atoms. The van der Waals surface area contributed by atoms with Gasteiger partial charge in [0.15, 0.2) is 30.6 Å². The van der Waals surface area contributed by atoms with Gasteiger partial charge in [0, 0.05) is 29.8 Å². The van der Waals surface area contributed by atoms with Crippen molar-refractivity contribution in [1.29, 1.82) is 0 Å². The third kappa shape index (κ3) is 3.25. The van der Waals surface area contributed by atoms with E-state index >= 15 is 0 Å². The number of aromatic nitrogens is 2. The normalized spacial score (nSPS) is 11.4. The van der Waals surface area contributed by atoms with Crippen LogP contribution in [0, 0.1) is 0 Å². The standard InChI is InChI=1S/C15H15N2O2/c1-16-7-3-12(4-8-16)14(18)11-15(19)13-5-9-17(2)10-6-13/h3-11H,1-2H3/q+1. The maximum atomic E-state index is 11.9. The van der Waals surface area contributed by atoms with Gasteiger partial charge < -0.3 is 5.11 Å². The van der Waals surface area contributed by atoms with Gasteiger partial charge in [-0.2, -0.15) is 0 Å². The second-order valence-corrected chi connectivity index (χ2v) is 4.38.